The summed E-state index contributed by atoms with van der Waals surface area (Å²) in [5.41, 5.74) is 5.54. The first-order valence-electron chi connectivity index (χ1n) is 5.78. The maximum Gasteiger partial charge on any atom is 0.243 e. The number of halogens is 2. The summed E-state index contributed by atoms with van der Waals surface area (Å²) in [7, 11) is 0. The number of nitrogens with zero attached hydrogens (tertiary/aromatic N) is 2. The molecule has 0 radical (unpaired) electrons. The molecule has 3 aromatic rings. The van der Waals surface area contributed by atoms with Crippen LogP contribution in [0.4, 0.5) is 5.95 Å². The number of fused-ring (bicyclic) bond motifs is 1. The smallest absolute Gasteiger partial charge is 0.243 e. The van der Waals surface area contributed by atoms with Crippen molar-refractivity contribution in [2.45, 2.75) is 0 Å². The van der Waals surface area contributed by atoms with Gasteiger partial charge in [0.1, 0.15) is 10.8 Å². The Balaban J connectivity index is 2.07. The van der Waals surface area contributed by atoms with Gasteiger partial charge in [-0.25, -0.2) is 4.98 Å². The van der Waals surface area contributed by atoms with E-state index in [0.717, 1.165) is 15.2 Å². The summed E-state index contributed by atoms with van der Waals surface area (Å²) < 4.78 is 6.56. The molecule has 100 valence electrons. The van der Waals surface area contributed by atoms with Gasteiger partial charge in [-0.15, -0.1) is 0 Å². The van der Waals surface area contributed by atoms with E-state index in [1.54, 1.807) is 0 Å². The molecule has 0 aliphatic carbocycles. The minimum atomic E-state index is 0.112. The van der Waals surface area contributed by atoms with Crippen molar-refractivity contribution in [3.05, 3.63) is 52.1 Å². The largest absolute Gasteiger partial charge is 0.436 e. The van der Waals surface area contributed by atoms with Crippen molar-refractivity contribution in [3.63, 3.8) is 0 Å². The molecule has 0 atom stereocenters. The van der Waals surface area contributed by atoms with Gasteiger partial charge in [-0.3, -0.25) is 0 Å². The Morgan fingerprint density at radius 2 is 1.95 bits per heavy atom. The highest BCUT2D eigenvalue weighted by Crippen LogP contribution is 2.36. The zero-order valence-corrected chi connectivity index (χ0v) is 12.5. The van der Waals surface area contributed by atoms with Crippen LogP contribution in [-0.2, 0) is 0 Å². The predicted octanol–water partition coefficient (Wildman–Crippen LogP) is 4.42. The molecule has 2 aromatic carbocycles. The second-order valence-corrected chi connectivity index (χ2v) is 5.28. The van der Waals surface area contributed by atoms with Crippen LogP contribution >= 0.6 is 27.5 Å². The Morgan fingerprint density at radius 1 is 1.15 bits per heavy atom. The number of nitrogen functional groups attached to an aromatic ring is 1. The minimum absolute atomic E-state index is 0.112. The van der Waals surface area contributed by atoms with Gasteiger partial charge in [0.2, 0.25) is 11.8 Å². The number of anilines is 1. The van der Waals surface area contributed by atoms with Crippen LogP contribution in [0.5, 0.6) is 11.6 Å². The van der Waals surface area contributed by atoms with Crippen LogP contribution in [0.3, 0.4) is 0 Å². The molecule has 1 heterocycles. The lowest BCUT2D eigenvalue weighted by atomic mass is 10.1. The fourth-order valence-corrected chi connectivity index (χ4v) is 2.54. The second kappa shape index (κ2) is 5.26. The summed E-state index contributed by atoms with van der Waals surface area (Å²) in [5, 5.41) is 2.46. The fraction of sp³-hybridized carbons (Fsp3) is 0. The van der Waals surface area contributed by atoms with Gasteiger partial charge in [0, 0.05) is 0 Å². The molecule has 0 saturated heterocycles. The lowest BCUT2D eigenvalue weighted by Gasteiger charge is -2.10. The first kappa shape index (κ1) is 13.1. The molecule has 1 aromatic heterocycles. The zero-order valence-electron chi connectivity index (χ0n) is 10.2. The Bertz CT molecular complexity index is 794. The van der Waals surface area contributed by atoms with E-state index < -0.39 is 0 Å². The molecule has 3 rings (SSSR count). The highest BCUT2D eigenvalue weighted by molar-refractivity contribution is 9.10. The molecule has 0 bridgehead atoms. The van der Waals surface area contributed by atoms with Crippen LogP contribution in [-0.4, -0.2) is 9.97 Å². The number of nitrogens with two attached hydrogens (primary N) is 1. The number of hydrogen-bond donors (Lipinski definition) is 1. The fourth-order valence-electron chi connectivity index (χ4n) is 1.83. The van der Waals surface area contributed by atoms with E-state index in [4.69, 9.17) is 22.1 Å². The topological polar surface area (TPSA) is 61.0 Å². The van der Waals surface area contributed by atoms with E-state index in [9.17, 15) is 0 Å². The Kier molecular flexibility index (Phi) is 3.46. The van der Waals surface area contributed by atoms with Gasteiger partial charge in [0.25, 0.3) is 0 Å². The summed E-state index contributed by atoms with van der Waals surface area (Å²) in [4.78, 5) is 7.78. The van der Waals surface area contributed by atoms with Gasteiger partial charge in [0.15, 0.2) is 0 Å². The quantitative estimate of drug-likeness (QED) is 0.743. The molecule has 0 amide bonds. The van der Waals surface area contributed by atoms with Gasteiger partial charge < -0.3 is 10.5 Å². The number of benzene rings is 2. The number of aromatic nitrogens is 2. The predicted molar refractivity (Wildman–Crippen MR) is 83.2 cm³/mol. The normalized spacial score (nSPS) is 10.7. The minimum Gasteiger partial charge on any atom is -0.436 e. The highest BCUT2D eigenvalue weighted by Gasteiger charge is 2.11. The maximum atomic E-state index is 6.00. The summed E-state index contributed by atoms with van der Waals surface area (Å²) >= 11 is 9.54. The molecule has 6 heteroatoms. The average Bonchev–Trinajstić information content (AvgIpc) is 2.46. The summed E-state index contributed by atoms with van der Waals surface area (Å²) in [6.45, 7) is 0. The van der Waals surface area contributed by atoms with E-state index in [2.05, 4.69) is 25.9 Å². The van der Waals surface area contributed by atoms with E-state index in [1.807, 2.05) is 36.4 Å². The molecule has 0 fully saturated rings. The van der Waals surface area contributed by atoms with Crippen LogP contribution in [0.1, 0.15) is 0 Å². The molecule has 0 unspecified atom stereocenters. The lowest BCUT2D eigenvalue weighted by Crippen LogP contribution is -1.97. The maximum absolute atomic E-state index is 6.00. The molecule has 0 aliphatic rings. The van der Waals surface area contributed by atoms with Crippen LogP contribution < -0.4 is 10.5 Å². The van der Waals surface area contributed by atoms with Crippen molar-refractivity contribution in [1.82, 2.24) is 9.97 Å². The van der Waals surface area contributed by atoms with Crippen molar-refractivity contribution in [1.29, 1.82) is 0 Å². The summed E-state index contributed by atoms with van der Waals surface area (Å²) in [6, 6.07) is 11.8. The van der Waals surface area contributed by atoms with Gasteiger partial charge >= 0.3 is 0 Å². The first-order valence-corrected chi connectivity index (χ1v) is 6.95. The second-order valence-electron chi connectivity index (χ2n) is 4.08. The number of rotatable bonds is 2. The molecule has 20 heavy (non-hydrogen) atoms. The standard InChI is InChI=1S/C14H9BrClN3O/c15-12-9-4-2-1-3-8(9)5-6-11(12)20-13-10(16)7-18-14(17)19-13/h1-7H,(H2,17,18,19). The molecular weight excluding hydrogens is 342 g/mol. The third kappa shape index (κ3) is 2.42. The first-order chi connectivity index (χ1) is 9.65. The van der Waals surface area contributed by atoms with Crippen molar-refractivity contribution in [2.75, 3.05) is 5.73 Å². The van der Waals surface area contributed by atoms with Crippen LogP contribution in [0.2, 0.25) is 5.02 Å². The Morgan fingerprint density at radius 3 is 2.80 bits per heavy atom. The van der Waals surface area contributed by atoms with Crippen LogP contribution in [0, 0.1) is 0 Å². The van der Waals surface area contributed by atoms with Crippen molar-refractivity contribution >= 4 is 44.3 Å². The lowest BCUT2D eigenvalue weighted by molar-refractivity contribution is 0.461. The molecule has 2 N–H and O–H groups in total. The van der Waals surface area contributed by atoms with Gasteiger partial charge in [-0.05, 0) is 32.8 Å². The van der Waals surface area contributed by atoms with Crippen LogP contribution in [0.15, 0.2) is 47.1 Å². The van der Waals surface area contributed by atoms with Gasteiger partial charge in [0.05, 0.1) is 10.7 Å². The third-order valence-corrected chi connectivity index (χ3v) is 3.84. The SMILES string of the molecule is Nc1ncc(Cl)c(Oc2ccc3ccccc3c2Br)n1. The Hall–Kier alpha value is -1.85. The average molecular weight is 351 g/mol. The van der Waals surface area contributed by atoms with Crippen molar-refractivity contribution < 1.29 is 4.74 Å². The van der Waals surface area contributed by atoms with E-state index in [-0.39, 0.29) is 11.8 Å². The Labute approximate surface area is 128 Å². The molecule has 0 saturated carbocycles. The summed E-state index contributed by atoms with van der Waals surface area (Å²) in [6.07, 6.45) is 1.41. The number of hydrogen-bond acceptors (Lipinski definition) is 4. The third-order valence-electron chi connectivity index (χ3n) is 2.77. The molecule has 0 spiro atoms. The molecule has 4 nitrogen and oxygen atoms in total. The molecule has 0 aliphatic heterocycles. The zero-order chi connectivity index (χ0) is 14.1. The number of ether oxygens (including phenoxy) is 1. The van der Waals surface area contributed by atoms with Crippen molar-refractivity contribution in [2.24, 2.45) is 0 Å². The van der Waals surface area contributed by atoms with E-state index in [1.165, 1.54) is 6.20 Å². The van der Waals surface area contributed by atoms with E-state index >= 15 is 0 Å². The highest BCUT2D eigenvalue weighted by atomic mass is 79.9. The van der Waals surface area contributed by atoms with Gasteiger partial charge in [-0.2, -0.15) is 4.98 Å². The van der Waals surface area contributed by atoms with Crippen molar-refractivity contribution in [3.8, 4) is 11.6 Å². The van der Waals surface area contributed by atoms with Crippen LogP contribution in [0.25, 0.3) is 10.8 Å². The summed E-state index contributed by atoms with van der Waals surface area (Å²) in [5.74, 6) is 0.958. The van der Waals surface area contributed by atoms with E-state index in [0.29, 0.717) is 10.8 Å². The monoisotopic (exact) mass is 349 g/mol. The molecular formula is C14H9BrClN3O. The van der Waals surface area contributed by atoms with Gasteiger partial charge in [-0.1, -0.05) is 41.9 Å².